The predicted octanol–water partition coefficient (Wildman–Crippen LogP) is 3.69. The Labute approximate surface area is 279 Å². The van der Waals surface area contributed by atoms with Crippen LogP contribution in [0.3, 0.4) is 0 Å². The quantitative estimate of drug-likeness (QED) is 0.155. The van der Waals surface area contributed by atoms with Crippen LogP contribution in [0.5, 0.6) is 0 Å². The molecule has 0 amide bonds. The number of nitro groups is 1. The van der Waals surface area contributed by atoms with Crippen LogP contribution in [0.25, 0.3) is 22.3 Å². The molecule has 2 fully saturated rings. The van der Waals surface area contributed by atoms with Crippen LogP contribution in [0.1, 0.15) is 22.9 Å². The Kier molecular flexibility index (Phi) is 11.9. The number of nitrogen functional groups attached to an aromatic ring is 1. The SMILES string of the molecule is Cc1noc(C)c1-c1cnc(NCCN2CCOCC2)c(N)c1.Cc1noc(C)c1-c1cnc(NCCN2CCOCC2)c([N+](=O)[O-])c1. The number of aromatic nitrogens is 4. The first-order chi connectivity index (χ1) is 23.2. The van der Waals surface area contributed by atoms with E-state index in [2.05, 4.69) is 40.7 Å². The highest BCUT2D eigenvalue weighted by molar-refractivity contribution is 5.75. The van der Waals surface area contributed by atoms with Gasteiger partial charge >= 0.3 is 5.69 Å². The Morgan fingerprint density at radius 1 is 0.771 bits per heavy atom. The molecule has 0 radical (unpaired) electrons. The van der Waals surface area contributed by atoms with Crippen molar-refractivity contribution in [2.75, 3.05) is 95.2 Å². The van der Waals surface area contributed by atoms with Crippen molar-refractivity contribution < 1.29 is 23.4 Å². The third kappa shape index (κ3) is 8.83. The minimum atomic E-state index is -0.425. The first kappa shape index (κ1) is 34.7. The van der Waals surface area contributed by atoms with Crippen LogP contribution in [-0.4, -0.2) is 114 Å². The molecule has 4 aromatic rings. The Morgan fingerprint density at radius 3 is 1.67 bits per heavy atom. The number of morpholine rings is 2. The summed E-state index contributed by atoms with van der Waals surface area (Å²) < 4.78 is 21.0. The van der Waals surface area contributed by atoms with E-state index in [0.717, 1.165) is 100 Å². The van der Waals surface area contributed by atoms with E-state index in [1.807, 2.05) is 19.9 Å². The summed E-state index contributed by atoms with van der Waals surface area (Å²) in [4.78, 5) is 24.3. The van der Waals surface area contributed by atoms with E-state index in [4.69, 9.17) is 24.3 Å². The Morgan fingerprint density at radius 2 is 1.23 bits per heavy atom. The van der Waals surface area contributed by atoms with E-state index < -0.39 is 4.92 Å². The zero-order valence-corrected chi connectivity index (χ0v) is 28.0. The third-order valence-corrected chi connectivity index (χ3v) is 8.27. The van der Waals surface area contributed by atoms with Gasteiger partial charge in [-0.15, -0.1) is 0 Å². The summed E-state index contributed by atoms with van der Waals surface area (Å²) in [6.07, 6.45) is 3.41. The van der Waals surface area contributed by atoms with Gasteiger partial charge in [0.25, 0.3) is 0 Å². The molecule has 4 N–H and O–H groups in total. The zero-order valence-electron chi connectivity index (χ0n) is 28.0. The fourth-order valence-electron chi connectivity index (χ4n) is 5.74. The second-order valence-electron chi connectivity index (χ2n) is 11.7. The fraction of sp³-hybridized carbons (Fsp3) is 0.500. The van der Waals surface area contributed by atoms with E-state index in [-0.39, 0.29) is 11.5 Å². The van der Waals surface area contributed by atoms with Gasteiger partial charge in [0.2, 0.25) is 5.82 Å². The molecule has 0 atom stereocenters. The Balaban J connectivity index is 0.000000188. The lowest BCUT2D eigenvalue weighted by molar-refractivity contribution is -0.384. The maximum atomic E-state index is 11.4. The number of hydrogen-bond acceptors (Lipinski definition) is 15. The average molecular weight is 665 g/mol. The summed E-state index contributed by atoms with van der Waals surface area (Å²) in [5.74, 6) is 2.38. The van der Waals surface area contributed by atoms with Crippen molar-refractivity contribution >= 4 is 23.0 Å². The number of nitrogens with two attached hydrogens (primary N) is 1. The number of ether oxygens (including phenoxy) is 2. The summed E-state index contributed by atoms with van der Waals surface area (Å²) in [5.41, 5.74) is 11.5. The number of nitrogens with one attached hydrogen (secondary N) is 2. The van der Waals surface area contributed by atoms with Gasteiger partial charge < -0.3 is 34.9 Å². The maximum absolute atomic E-state index is 11.4. The van der Waals surface area contributed by atoms with Gasteiger partial charge in [-0.3, -0.25) is 19.9 Å². The fourth-order valence-corrected chi connectivity index (χ4v) is 5.74. The van der Waals surface area contributed by atoms with Crippen molar-refractivity contribution in [2.45, 2.75) is 27.7 Å². The van der Waals surface area contributed by atoms with Crippen LogP contribution in [0.15, 0.2) is 33.6 Å². The monoisotopic (exact) mass is 664 g/mol. The van der Waals surface area contributed by atoms with Crippen LogP contribution < -0.4 is 16.4 Å². The summed E-state index contributed by atoms with van der Waals surface area (Å²) in [6.45, 7) is 17.3. The van der Waals surface area contributed by atoms with Crippen LogP contribution >= 0.6 is 0 Å². The molecule has 258 valence electrons. The molecule has 0 bridgehead atoms. The van der Waals surface area contributed by atoms with Crippen LogP contribution in [0.4, 0.5) is 23.0 Å². The maximum Gasteiger partial charge on any atom is 0.311 e. The second-order valence-corrected chi connectivity index (χ2v) is 11.7. The smallest absolute Gasteiger partial charge is 0.311 e. The molecule has 2 saturated heterocycles. The van der Waals surface area contributed by atoms with Gasteiger partial charge in [0.05, 0.1) is 48.4 Å². The lowest BCUT2D eigenvalue weighted by Crippen LogP contribution is -2.39. The topological polar surface area (TPSA) is 196 Å². The molecular formula is C32H44N10O6. The number of nitrogens with zero attached hydrogens (tertiary/aromatic N) is 7. The number of hydrogen-bond donors (Lipinski definition) is 3. The van der Waals surface area contributed by atoms with E-state index in [1.54, 1.807) is 26.2 Å². The first-order valence-electron chi connectivity index (χ1n) is 16.1. The van der Waals surface area contributed by atoms with Crippen molar-refractivity contribution in [3.8, 4) is 22.3 Å². The lowest BCUT2D eigenvalue weighted by atomic mass is 10.1. The zero-order chi connectivity index (χ0) is 34.0. The number of anilines is 3. The van der Waals surface area contributed by atoms with E-state index >= 15 is 0 Å². The van der Waals surface area contributed by atoms with Crippen LogP contribution in [0.2, 0.25) is 0 Å². The highest BCUT2D eigenvalue weighted by Gasteiger charge is 2.21. The highest BCUT2D eigenvalue weighted by atomic mass is 16.6. The molecule has 2 aliphatic rings. The molecular weight excluding hydrogens is 620 g/mol. The lowest BCUT2D eigenvalue weighted by Gasteiger charge is -2.26. The average Bonchev–Trinajstić information content (AvgIpc) is 3.61. The van der Waals surface area contributed by atoms with Crippen LogP contribution in [0, 0.1) is 37.8 Å². The van der Waals surface area contributed by atoms with Gasteiger partial charge in [0, 0.05) is 93.1 Å². The minimum Gasteiger partial charge on any atom is -0.396 e. The van der Waals surface area contributed by atoms with Crippen molar-refractivity contribution in [2.24, 2.45) is 0 Å². The molecule has 0 aromatic carbocycles. The molecule has 4 aromatic heterocycles. The standard InChI is InChI=1S/C16H21N5O4.C16H23N5O2/c1-11-15(12(2)25-19-11)13-9-14(21(22)23)16(18-10-13)17-3-4-20-5-7-24-8-6-20;1-11-15(12(2)23-20-11)13-9-14(17)16(19-10-13)18-3-4-21-5-7-22-8-6-21/h9-10H,3-8H2,1-2H3,(H,17,18);9-10H,3-8,17H2,1-2H3,(H,18,19). The van der Waals surface area contributed by atoms with E-state index in [9.17, 15) is 10.1 Å². The number of pyridine rings is 2. The summed E-state index contributed by atoms with van der Waals surface area (Å²) in [7, 11) is 0. The number of rotatable bonds is 11. The van der Waals surface area contributed by atoms with E-state index in [0.29, 0.717) is 35.1 Å². The van der Waals surface area contributed by atoms with E-state index in [1.165, 1.54) is 6.07 Å². The van der Waals surface area contributed by atoms with Gasteiger partial charge in [-0.1, -0.05) is 10.3 Å². The summed E-state index contributed by atoms with van der Waals surface area (Å²) >= 11 is 0. The highest BCUT2D eigenvalue weighted by Crippen LogP contribution is 2.32. The molecule has 6 rings (SSSR count). The first-order valence-corrected chi connectivity index (χ1v) is 16.1. The molecule has 0 unspecified atom stereocenters. The largest absolute Gasteiger partial charge is 0.396 e. The van der Waals surface area contributed by atoms with Gasteiger partial charge in [0.1, 0.15) is 17.3 Å². The molecule has 16 heteroatoms. The number of aryl methyl sites for hydroxylation is 4. The molecule has 48 heavy (non-hydrogen) atoms. The minimum absolute atomic E-state index is 0.0560. The van der Waals surface area contributed by atoms with Crippen molar-refractivity contribution in [1.29, 1.82) is 0 Å². The predicted molar refractivity (Wildman–Crippen MR) is 181 cm³/mol. The van der Waals surface area contributed by atoms with Crippen molar-refractivity contribution in [3.05, 3.63) is 57.5 Å². The molecule has 0 aliphatic carbocycles. The summed E-state index contributed by atoms with van der Waals surface area (Å²) in [6, 6.07) is 3.42. The summed E-state index contributed by atoms with van der Waals surface area (Å²) in [5, 5.41) is 25.7. The Hall–Kier alpha value is -4.64. The van der Waals surface area contributed by atoms with Crippen LogP contribution in [-0.2, 0) is 9.47 Å². The second kappa shape index (κ2) is 16.5. The van der Waals surface area contributed by atoms with Gasteiger partial charge in [-0.25, -0.2) is 9.97 Å². The van der Waals surface area contributed by atoms with Gasteiger partial charge in [-0.2, -0.15) is 0 Å². The van der Waals surface area contributed by atoms with Gasteiger partial charge in [0.15, 0.2) is 0 Å². The third-order valence-electron chi connectivity index (χ3n) is 8.27. The normalized spacial score (nSPS) is 15.5. The Bertz CT molecular complexity index is 1620. The molecule has 16 nitrogen and oxygen atoms in total. The van der Waals surface area contributed by atoms with Gasteiger partial charge in [-0.05, 0) is 33.8 Å². The van der Waals surface area contributed by atoms with Crippen molar-refractivity contribution in [3.63, 3.8) is 0 Å². The molecule has 0 spiro atoms. The molecule has 6 heterocycles. The molecule has 2 aliphatic heterocycles. The van der Waals surface area contributed by atoms with Crippen molar-refractivity contribution in [1.82, 2.24) is 30.1 Å². The molecule has 0 saturated carbocycles.